The molecule has 2 rings (SSSR count). The van der Waals surface area contributed by atoms with Crippen molar-refractivity contribution < 1.29 is 23.4 Å². The Morgan fingerprint density at radius 3 is 2.33 bits per heavy atom. The van der Waals surface area contributed by atoms with Crippen LogP contribution in [-0.4, -0.2) is 19.1 Å². The van der Waals surface area contributed by atoms with Crippen LogP contribution in [0.5, 0.6) is 11.5 Å². The van der Waals surface area contributed by atoms with Crippen LogP contribution in [0.1, 0.15) is 12.5 Å². The van der Waals surface area contributed by atoms with E-state index in [1.165, 1.54) is 0 Å². The molecule has 0 bridgehead atoms. The van der Waals surface area contributed by atoms with Crippen LogP contribution in [0.3, 0.4) is 0 Å². The highest BCUT2D eigenvalue weighted by atomic mass is 31.1. The summed E-state index contributed by atoms with van der Waals surface area (Å²) < 4.78 is 27.4. The molecular weight excluding hydrogens is 329 g/mol. The molecule has 0 spiro atoms. The van der Waals surface area contributed by atoms with Crippen molar-refractivity contribution in [2.24, 2.45) is 0 Å². The molecule has 128 valence electrons. The molecule has 2 aromatic rings. The van der Waals surface area contributed by atoms with Crippen molar-refractivity contribution in [2.45, 2.75) is 19.6 Å². The van der Waals surface area contributed by atoms with Gasteiger partial charge in [0, 0.05) is 0 Å². The zero-order valence-electron chi connectivity index (χ0n) is 13.5. The van der Waals surface area contributed by atoms with Crippen LogP contribution in [-0.2, 0) is 20.7 Å². The number of methoxy groups -OCH3 is 1. The van der Waals surface area contributed by atoms with Crippen LogP contribution in [0.25, 0.3) is 0 Å². The maximum absolute atomic E-state index is 12.0. The van der Waals surface area contributed by atoms with Gasteiger partial charge in [-0.25, -0.2) is 5.09 Å². The molecule has 0 saturated carbocycles. The first-order valence-corrected chi connectivity index (χ1v) is 8.73. The van der Waals surface area contributed by atoms with Crippen molar-refractivity contribution in [2.75, 3.05) is 7.11 Å². The zero-order valence-corrected chi connectivity index (χ0v) is 14.5. The number of benzene rings is 2. The predicted octanol–water partition coefficient (Wildman–Crippen LogP) is 3.19. The zero-order chi connectivity index (χ0) is 17.4. The second kappa shape index (κ2) is 9.11. The number of rotatable bonds is 8. The highest BCUT2D eigenvalue weighted by Gasteiger charge is 2.17. The highest BCUT2D eigenvalue weighted by Crippen LogP contribution is 2.26. The normalized spacial score (nSPS) is 12.9. The molecule has 6 nitrogen and oxygen atoms in total. The maximum atomic E-state index is 12.0. The molecule has 7 heteroatoms. The first-order valence-electron chi connectivity index (χ1n) is 7.41. The van der Waals surface area contributed by atoms with E-state index in [9.17, 15) is 9.36 Å². The molecule has 1 N–H and O–H groups in total. The lowest BCUT2D eigenvalue weighted by Gasteiger charge is -2.14. The van der Waals surface area contributed by atoms with Gasteiger partial charge in [-0.2, -0.15) is 0 Å². The van der Waals surface area contributed by atoms with Gasteiger partial charge in [-0.15, -0.1) is 0 Å². The Labute approximate surface area is 141 Å². The lowest BCUT2D eigenvalue weighted by molar-refractivity contribution is -0.146. The van der Waals surface area contributed by atoms with Crippen molar-refractivity contribution in [1.29, 1.82) is 0 Å². The highest BCUT2D eigenvalue weighted by molar-refractivity contribution is 7.37. The predicted molar refractivity (Wildman–Crippen MR) is 91.5 cm³/mol. The third-order valence-electron chi connectivity index (χ3n) is 3.18. The summed E-state index contributed by atoms with van der Waals surface area (Å²) in [4.78, 5) is 11.9. The molecule has 0 amide bonds. The summed E-state index contributed by atoms with van der Waals surface area (Å²) >= 11 is 0. The monoisotopic (exact) mass is 349 g/mol. The standard InChI is InChI=1S/C17H20NO5P/c1-13(17(19)22-12-14-6-4-3-5-7-14)18-24(20)23-16-10-8-15(21-2)9-11-16/h3-11,13,24H,12H2,1-2H3,(H,18,20)/t13-/m0/s1. The van der Waals surface area contributed by atoms with Crippen LogP contribution < -0.4 is 14.3 Å². The van der Waals surface area contributed by atoms with Crippen LogP contribution in [0.2, 0.25) is 0 Å². The van der Waals surface area contributed by atoms with Gasteiger partial charge < -0.3 is 14.0 Å². The number of hydrogen-bond donors (Lipinski definition) is 1. The SMILES string of the molecule is COc1ccc(O[PH](=O)N[C@@H](C)C(=O)OCc2ccccc2)cc1. The van der Waals surface area contributed by atoms with Crippen LogP contribution >= 0.6 is 8.18 Å². The van der Waals surface area contributed by atoms with Gasteiger partial charge in [0.2, 0.25) is 0 Å². The second-order valence-corrected chi connectivity index (χ2v) is 6.09. The topological polar surface area (TPSA) is 73.9 Å². The molecule has 0 fully saturated rings. The third kappa shape index (κ3) is 5.72. The number of carbonyl (C=O) groups excluding carboxylic acids is 1. The van der Waals surface area contributed by atoms with Crippen LogP contribution in [0.15, 0.2) is 54.6 Å². The lowest BCUT2D eigenvalue weighted by Crippen LogP contribution is -2.31. The van der Waals surface area contributed by atoms with Gasteiger partial charge in [0.05, 0.1) is 7.11 Å². The Morgan fingerprint density at radius 2 is 1.71 bits per heavy atom. The molecule has 0 heterocycles. The molecule has 0 radical (unpaired) electrons. The van der Waals surface area contributed by atoms with Gasteiger partial charge in [0.25, 0.3) is 0 Å². The fourth-order valence-electron chi connectivity index (χ4n) is 1.87. The summed E-state index contributed by atoms with van der Waals surface area (Å²) in [5.41, 5.74) is 0.889. The number of nitrogens with one attached hydrogen (secondary N) is 1. The van der Waals surface area contributed by atoms with E-state index in [0.717, 1.165) is 5.56 Å². The Morgan fingerprint density at radius 1 is 1.08 bits per heavy atom. The average Bonchev–Trinajstić information content (AvgIpc) is 2.61. The molecule has 0 aliphatic carbocycles. The minimum atomic E-state index is -2.63. The first-order chi connectivity index (χ1) is 11.6. The quantitative estimate of drug-likeness (QED) is 0.583. The third-order valence-corrected chi connectivity index (χ3v) is 4.27. The number of hydrogen-bond acceptors (Lipinski definition) is 5. The molecule has 0 aliphatic heterocycles. The Bertz CT molecular complexity index is 675. The van der Waals surface area contributed by atoms with Crippen molar-refractivity contribution in [3.63, 3.8) is 0 Å². The number of esters is 1. The summed E-state index contributed by atoms with van der Waals surface area (Å²) in [6.07, 6.45) is 0. The summed E-state index contributed by atoms with van der Waals surface area (Å²) in [5, 5.41) is 2.61. The molecule has 0 aliphatic rings. The van der Waals surface area contributed by atoms with Gasteiger partial charge in [0.15, 0.2) is 0 Å². The van der Waals surface area contributed by atoms with Gasteiger partial charge in [-0.05, 0) is 36.8 Å². The van der Waals surface area contributed by atoms with E-state index in [2.05, 4.69) is 5.09 Å². The van der Waals surface area contributed by atoms with E-state index < -0.39 is 20.2 Å². The molecule has 0 aromatic heterocycles. The van der Waals surface area contributed by atoms with E-state index in [0.29, 0.717) is 11.5 Å². The fraction of sp³-hybridized carbons (Fsp3) is 0.235. The summed E-state index contributed by atoms with van der Waals surface area (Å²) in [6.45, 7) is 1.75. The molecule has 0 saturated heterocycles. The van der Waals surface area contributed by atoms with Gasteiger partial charge >= 0.3 is 14.1 Å². The van der Waals surface area contributed by atoms with Crippen LogP contribution in [0, 0.1) is 0 Å². The Balaban J connectivity index is 1.78. The molecule has 2 atom stereocenters. The van der Waals surface area contributed by atoms with Crippen molar-refractivity contribution >= 4 is 14.1 Å². The Hall–Kier alpha value is -2.30. The average molecular weight is 349 g/mol. The number of carbonyl (C=O) groups is 1. The van der Waals surface area contributed by atoms with E-state index >= 15 is 0 Å². The van der Waals surface area contributed by atoms with Gasteiger partial charge in [0.1, 0.15) is 24.1 Å². The van der Waals surface area contributed by atoms with E-state index in [1.807, 2.05) is 30.3 Å². The second-order valence-electron chi connectivity index (χ2n) is 5.02. The van der Waals surface area contributed by atoms with Crippen molar-refractivity contribution in [3.05, 3.63) is 60.2 Å². The maximum Gasteiger partial charge on any atom is 0.323 e. The van der Waals surface area contributed by atoms with E-state index in [-0.39, 0.29) is 6.61 Å². The van der Waals surface area contributed by atoms with Crippen molar-refractivity contribution in [1.82, 2.24) is 5.09 Å². The fourth-order valence-corrected chi connectivity index (χ4v) is 2.75. The summed E-state index contributed by atoms with van der Waals surface area (Å²) in [7, 11) is -1.07. The first kappa shape index (κ1) is 18.0. The van der Waals surface area contributed by atoms with Gasteiger partial charge in [-0.3, -0.25) is 9.36 Å². The smallest absolute Gasteiger partial charge is 0.323 e. The Kier molecular flexibility index (Phi) is 6.85. The van der Waals surface area contributed by atoms with Gasteiger partial charge in [-0.1, -0.05) is 30.3 Å². The molecular formula is C17H20NO5P. The van der Waals surface area contributed by atoms with E-state index in [4.69, 9.17) is 14.0 Å². The molecule has 1 unspecified atom stereocenters. The van der Waals surface area contributed by atoms with Crippen LogP contribution in [0.4, 0.5) is 0 Å². The minimum absolute atomic E-state index is 0.173. The molecule has 2 aromatic carbocycles. The van der Waals surface area contributed by atoms with Crippen molar-refractivity contribution in [3.8, 4) is 11.5 Å². The minimum Gasteiger partial charge on any atom is -0.497 e. The lowest BCUT2D eigenvalue weighted by atomic mass is 10.2. The van der Waals surface area contributed by atoms with E-state index in [1.54, 1.807) is 38.3 Å². The summed E-state index contributed by atoms with van der Waals surface area (Å²) in [5.74, 6) is 0.611. The number of ether oxygens (including phenoxy) is 2. The summed E-state index contributed by atoms with van der Waals surface area (Å²) in [6, 6.07) is 15.3. The largest absolute Gasteiger partial charge is 0.497 e. The molecule has 24 heavy (non-hydrogen) atoms.